The average Bonchev–Trinajstić information content (AvgIpc) is 2.88. The second-order valence-corrected chi connectivity index (χ2v) is 7.88. The molecule has 0 aliphatic heterocycles. The highest BCUT2D eigenvalue weighted by Gasteiger charge is 2.17. The molecular weight excluding hydrogens is 388 g/mol. The van der Waals surface area contributed by atoms with Crippen molar-refractivity contribution in [2.75, 3.05) is 0 Å². The Balaban J connectivity index is 1.80. The summed E-state index contributed by atoms with van der Waals surface area (Å²) < 4.78 is 0. The Bertz CT molecular complexity index is 1540. The van der Waals surface area contributed by atoms with E-state index in [0.717, 1.165) is 11.3 Å². The van der Waals surface area contributed by atoms with Gasteiger partial charge in [-0.2, -0.15) is 0 Å². The summed E-state index contributed by atoms with van der Waals surface area (Å²) in [4.78, 5) is 8.57. The Morgan fingerprint density at radius 2 is 1.00 bits per heavy atom. The lowest BCUT2D eigenvalue weighted by Gasteiger charge is -2.18. The zero-order chi connectivity index (χ0) is 21.3. The first-order chi connectivity index (χ1) is 15.9. The van der Waals surface area contributed by atoms with Crippen LogP contribution in [0.15, 0.2) is 122 Å². The van der Waals surface area contributed by atoms with Gasteiger partial charge in [0.1, 0.15) is 6.33 Å². The number of hydrogen-bond acceptors (Lipinski definition) is 2. The summed E-state index contributed by atoms with van der Waals surface area (Å²) in [6.07, 6.45) is 3.40. The lowest BCUT2D eigenvalue weighted by molar-refractivity contribution is 1.17. The van der Waals surface area contributed by atoms with Crippen LogP contribution >= 0.6 is 0 Å². The molecule has 32 heavy (non-hydrogen) atoms. The fourth-order valence-electron chi connectivity index (χ4n) is 4.63. The van der Waals surface area contributed by atoms with Crippen molar-refractivity contribution < 1.29 is 0 Å². The van der Waals surface area contributed by atoms with Crippen LogP contribution in [0.3, 0.4) is 0 Å². The quantitative estimate of drug-likeness (QED) is 0.279. The van der Waals surface area contributed by atoms with Gasteiger partial charge in [-0.05, 0) is 55.9 Å². The molecule has 0 spiro atoms. The van der Waals surface area contributed by atoms with Crippen molar-refractivity contribution in [3.05, 3.63) is 122 Å². The molecule has 1 aromatic heterocycles. The van der Waals surface area contributed by atoms with Gasteiger partial charge in [-0.3, -0.25) is 0 Å². The smallest absolute Gasteiger partial charge is 0.116 e. The normalized spacial score (nSPS) is 11.1. The third-order valence-electron chi connectivity index (χ3n) is 6.03. The van der Waals surface area contributed by atoms with Crippen LogP contribution in [0.5, 0.6) is 0 Å². The number of benzene rings is 5. The highest BCUT2D eigenvalue weighted by Crippen LogP contribution is 2.44. The monoisotopic (exact) mass is 408 g/mol. The van der Waals surface area contributed by atoms with Gasteiger partial charge >= 0.3 is 0 Å². The first-order valence-electron chi connectivity index (χ1n) is 10.8. The maximum Gasteiger partial charge on any atom is 0.116 e. The Kier molecular flexibility index (Phi) is 4.47. The molecule has 0 saturated heterocycles. The second-order valence-electron chi connectivity index (χ2n) is 7.88. The van der Waals surface area contributed by atoms with Crippen LogP contribution in [0, 0.1) is 0 Å². The number of hydrogen-bond donors (Lipinski definition) is 0. The molecule has 1 heterocycles. The zero-order valence-corrected chi connectivity index (χ0v) is 17.4. The molecule has 0 aliphatic carbocycles. The van der Waals surface area contributed by atoms with Crippen LogP contribution in [0.25, 0.3) is 55.1 Å². The lowest BCUT2D eigenvalue weighted by Crippen LogP contribution is -1.92. The number of rotatable bonds is 3. The average molecular weight is 409 g/mol. The van der Waals surface area contributed by atoms with Crippen LogP contribution < -0.4 is 0 Å². The SMILES string of the molecule is c1ccc(-c2c3ccccc3c(-c3ccccc3)c3cc(-c4ccncn4)ccc23)cc1. The van der Waals surface area contributed by atoms with Crippen LogP contribution in [-0.2, 0) is 0 Å². The van der Waals surface area contributed by atoms with Crippen molar-refractivity contribution in [1.29, 1.82) is 0 Å². The fourth-order valence-corrected chi connectivity index (χ4v) is 4.63. The summed E-state index contributed by atoms with van der Waals surface area (Å²) in [6, 6.07) is 38.7. The Morgan fingerprint density at radius 1 is 0.438 bits per heavy atom. The minimum atomic E-state index is 0.926. The Hall–Kier alpha value is -4.30. The molecule has 0 amide bonds. The van der Waals surface area contributed by atoms with Crippen molar-refractivity contribution in [1.82, 2.24) is 9.97 Å². The van der Waals surface area contributed by atoms with E-state index in [1.54, 1.807) is 12.5 Å². The van der Waals surface area contributed by atoms with E-state index < -0.39 is 0 Å². The highest BCUT2D eigenvalue weighted by atomic mass is 14.8. The van der Waals surface area contributed by atoms with Crippen LogP contribution in [-0.4, -0.2) is 9.97 Å². The van der Waals surface area contributed by atoms with Gasteiger partial charge in [0.25, 0.3) is 0 Å². The molecule has 0 unspecified atom stereocenters. The van der Waals surface area contributed by atoms with E-state index in [9.17, 15) is 0 Å². The van der Waals surface area contributed by atoms with Crippen LogP contribution in [0.1, 0.15) is 0 Å². The predicted molar refractivity (Wildman–Crippen MR) is 133 cm³/mol. The molecule has 2 heteroatoms. The van der Waals surface area contributed by atoms with Crippen molar-refractivity contribution >= 4 is 21.5 Å². The van der Waals surface area contributed by atoms with Gasteiger partial charge in [0.15, 0.2) is 0 Å². The molecule has 0 aliphatic rings. The van der Waals surface area contributed by atoms with E-state index >= 15 is 0 Å². The van der Waals surface area contributed by atoms with E-state index in [4.69, 9.17) is 0 Å². The van der Waals surface area contributed by atoms with Crippen molar-refractivity contribution in [2.24, 2.45) is 0 Å². The summed E-state index contributed by atoms with van der Waals surface area (Å²) >= 11 is 0. The van der Waals surface area contributed by atoms with Crippen LogP contribution in [0.2, 0.25) is 0 Å². The van der Waals surface area contributed by atoms with Gasteiger partial charge < -0.3 is 0 Å². The number of aromatic nitrogens is 2. The third-order valence-corrected chi connectivity index (χ3v) is 6.03. The van der Waals surface area contributed by atoms with E-state index in [0.29, 0.717) is 0 Å². The molecular formula is C30H20N2. The summed E-state index contributed by atoms with van der Waals surface area (Å²) in [7, 11) is 0. The van der Waals surface area contributed by atoms with Gasteiger partial charge in [0, 0.05) is 11.8 Å². The molecule has 150 valence electrons. The topological polar surface area (TPSA) is 25.8 Å². The molecule has 0 fully saturated rings. The summed E-state index contributed by atoms with van der Waals surface area (Å²) in [5.41, 5.74) is 6.98. The van der Waals surface area contributed by atoms with E-state index in [-0.39, 0.29) is 0 Å². The lowest BCUT2D eigenvalue weighted by atomic mass is 9.85. The van der Waals surface area contributed by atoms with E-state index in [1.807, 2.05) is 6.07 Å². The minimum Gasteiger partial charge on any atom is -0.245 e. The molecule has 5 aromatic carbocycles. The van der Waals surface area contributed by atoms with Gasteiger partial charge in [0.05, 0.1) is 5.69 Å². The predicted octanol–water partition coefficient (Wildman–Crippen LogP) is 7.78. The van der Waals surface area contributed by atoms with Gasteiger partial charge in [-0.25, -0.2) is 9.97 Å². The second kappa shape index (κ2) is 7.75. The fraction of sp³-hybridized carbons (Fsp3) is 0. The standard InChI is InChI=1S/C30H20N2/c1-3-9-21(10-4-1)29-24-13-7-8-14-25(24)30(22-11-5-2-6-12-22)27-19-23(15-16-26(27)29)28-17-18-31-20-32-28/h1-20H. The van der Waals surface area contributed by atoms with Crippen molar-refractivity contribution in [2.45, 2.75) is 0 Å². The molecule has 0 N–H and O–H groups in total. The largest absolute Gasteiger partial charge is 0.245 e. The number of nitrogens with zero attached hydrogens (tertiary/aromatic N) is 2. The maximum absolute atomic E-state index is 4.49. The molecule has 0 radical (unpaired) electrons. The summed E-state index contributed by atoms with van der Waals surface area (Å²) in [5, 5.41) is 4.99. The molecule has 6 rings (SSSR count). The van der Waals surface area contributed by atoms with E-state index in [2.05, 4.69) is 113 Å². The molecule has 0 bridgehead atoms. The van der Waals surface area contributed by atoms with Crippen molar-refractivity contribution in [3.63, 3.8) is 0 Å². The zero-order valence-electron chi connectivity index (χ0n) is 17.4. The maximum atomic E-state index is 4.49. The Morgan fingerprint density at radius 3 is 1.59 bits per heavy atom. The first kappa shape index (κ1) is 18.5. The summed E-state index contributed by atoms with van der Waals surface area (Å²) in [5.74, 6) is 0. The van der Waals surface area contributed by atoms with Gasteiger partial charge in [0.2, 0.25) is 0 Å². The molecule has 0 atom stereocenters. The molecule has 0 saturated carbocycles. The minimum absolute atomic E-state index is 0.926. The highest BCUT2D eigenvalue weighted by molar-refractivity contribution is 6.21. The summed E-state index contributed by atoms with van der Waals surface area (Å²) in [6.45, 7) is 0. The molecule has 6 aromatic rings. The van der Waals surface area contributed by atoms with Gasteiger partial charge in [-0.15, -0.1) is 0 Å². The number of fused-ring (bicyclic) bond motifs is 2. The molecule has 2 nitrogen and oxygen atoms in total. The first-order valence-corrected chi connectivity index (χ1v) is 10.8. The third kappa shape index (κ3) is 3.05. The van der Waals surface area contributed by atoms with Crippen molar-refractivity contribution in [3.8, 4) is 33.5 Å². The van der Waals surface area contributed by atoms with Gasteiger partial charge in [-0.1, -0.05) is 97.1 Å². The van der Waals surface area contributed by atoms with E-state index in [1.165, 1.54) is 43.8 Å². The Labute approximate surface area is 186 Å². The van der Waals surface area contributed by atoms with Crippen LogP contribution in [0.4, 0.5) is 0 Å².